The summed E-state index contributed by atoms with van der Waals surface area (Å²) in [6.45, 7) is 4.88. The number of nitroso groups, excluding NO2 is 4. The van der Waals surface area contributed by atoms with Crippen molar-refractivity contribution in [3.05, 3.63) is 350 Å². The third-order valence-electron chi connectivity index (χ3n) is 24.4. The van der Waals surface area contributed by atoms with Crippen molar-refractivity contribution in [1.29, 1.82) is 0 Å². The number of fused-ring (bicyclic) bond motifs is 6. The molecule has 728 valence electrons. The molecule has 0 fully saturated rings. The maximum absolute atomic E-state index is 13.6. The van der Waals surface area contributed by atoms with Crippen LogP contribution in [0.2, 0.25) is 0 Å². The molecule has 33 nitrogen and oxygen atoms in total. The molecule has 0 radical (unpaired) electrons. The highest BCUT2D eigenvalue weighted by molar-refractivity contribution is 7.92. The van der Waals surface area contributed by atoms with Crippen LogP contribution in [-0.2, 0) is 45.8 Å². The number of aromatic nitrogens is 4. The first-order valence-corrected chi connectivity index (χ1v) is 46.4. The summed E-state index contributed by atoms with van der Waals surface area (Å²) in [5, 5.41) is 69.5. The third-order valence-corrected chi connectivity index (χ3v) is 25.8. The smallest absolute Gasteiger partial charge is 0.261 e. The lowest BCUT2D eigenvalue weighted by molar-refractivity contribution is -0.120. The van der Waals surface area contributed by atoms with Crippen LogP contribution in [0.25, 0.3) is 65.2 Å². The predicted molar refractivity (Wildman–Crippen MR) is 554 cm³/mol. The van der Waals surface area contributed by atoms with E-state index in [0.717, 1.165) is 67.8 Å². The summed E-state index contributed by atoms with van der Waals surface area (Å²) in [5.41, 5.74) is 8.97. The second-order valence-corrected chi connectivity index (χ2v) is 34.8. The first-order valence-electron chi connectivity index (χ1n) is 45.0. The maximum atomic E-state index is 13.6. The number of benzene rings is 14. The van der Waals surface area contributed by atoms with E-state index >= 15 is 0 Å². The van der Waals surface area contributed by atoms with Crippen molar-refractivity contribution >= 4 is 138 Å². The first kappa shape index (κ1) is 99.4. The van der Waals surface area contributed by atoms with E-state index in [1.807, 2.05) is 172 Å². The number of sulfonamides is 1. The fourth-order valence-electron chi connectivity index (χ4n) is 17.1. The molecular weight excluding hydrogens is 1850 g/mol. The highest BCUT2D eigenvalue weighted by Crippen LogP contribution is 2.47. The molecule has 0 spiro atoms. The average molecular weight is 1950 g/mol. The Morgan fingerprint density at radius 1 is 0.315 bits per heavy atom. The Bertz CT molecular complexity index is 7830. The number of anilines is 4. The minimum Gasteiger partial charge on any atom is -0.497 e. The fraction of sp³-hybridized carbons (Fsp3) is 0.165. The van der Waals surface area contributed by atoms with E-state index in [4.69, 9.17) is 37.9 Å². The first-order chi connectivity index (χ1) is 69.3. The van der Waals surface area contributed by atoms with Crippen molar-refractivity contribution in [2.75, 3.05) is 77.6 Å². The predicted octanol–water partition coefficient (Wildman–Crippen LogP) is 23.7. The highest BCUT2D eigenvalue weighted by Gasteiger charge is 2.29. The number of hydrogen-bond donors (Lipinski definition) is 8. The number of nitrogens with zero attached hydrogens (tertiary/aromatic N) is 8. The number of amides is 3. The normalized spacial score (nSPS) is 11.1. The van der Waals surface area contributed by atoms with Gasteiger partial charge < -0.3 is 92.5 Å². The Labute approximate surface area is 820 Å². The van der Waals surface area contributed by atoms with E-state index in [2.05, 4.69) is 41.4 Å². The van der Waals surface area contributed by atoms with E-state index in [9.17, 15) is 62.9 Å². The summed E-state index contributed by atoms with van der Waals surface area (Å²) in [6.07, 6.45) is 1.49. The molecular formula is C109H100N12O21S. The lowest BCUT2D eigenvalue weighted by Gasteiger charge is -2.18. The van der Waals surface area contributed by atoms with Crippen LogP contribution < -0.4 is 58.6 Å². The summed E-state index contributed by atoms with van der Waals surface area (Å²) in [7, 11) is 8.52. The molecule has 143 heavy (non-hydrogen) atoms. The standard InChI is InChI=1S/C31H27N3O5.C28H23N3O5.C27H23N3O6S.C23H27N3O5/c1-38-24-15-20(16-25(18-24)39-2)19-34-27-14-13-23(17-26(27)29(33-37)31(34)36)32-30(35)28(21-9-5-3-6-10-21)22-11-7-4-8-12-22;1-35-22-11-17(12-23(15-22)36-2)16-31-25-10-9-21(14-24(25)26(30-34)28(31)33)29-27(32)20-8-7-18-5-3-4-6-19(18)13-20;1-35-21-11-17(12-22(15-21)36-2)16-30-25-10-8-20(14-24(25)26(28-32)27(30)31)29-37(33,34)23-9-7-18-5-3-4-6-19(18)13-23;1-5-15(6-2)22(27)24-16-7-8-20-19(11-16)21(25-29)23(28)26(20)13-14-9-17(30-3)12-18(10-14)31-4/h3-18,28,36H,19H2,1-2H3,(H,32,35);3-15,33H,16H2,1-2H3,(H,29,32);3-15,29,31H,16H2,1-2H3;7-12,15,28H,5-6,13H2,1-4H3,(H,24,27). The zero-order valence-corrected chi connectivity index (χ0v) is 80.1. The highest BCUT2D eigenvalue weighted by atomic mass is 32.2. The molecule has 0 unspecified atom stereocenters. The molecule has 14 aromatic carbocycles. The summed E-state index contributed by atoms with van der Waals surface area (Å²) in [6, 6.07) is 86.3. The van der Waals surface area contributed by atoms with Crippen LogP contribution in [0.4, 0.5) is 45.5 Å². The molecule has 0 aliphatic rings. The SMILES string of the molecule is CCC(CC)C(=O)Nc1ccc2c(c1)c(N=O)c(O)n2Cc1cc(OC)cc(OC)c1.COc1cc(Cn2c(O)c(N=O)c3cc(NC(=O)C(c4ccccc4)c4ccccc4)ccc32)cc(OC)c1.COc1cc(Cn2c(O)c(N=O)c3cc(NC(=O)c4ccc5ccccc5c4)ccc32)cc(OC)c1.COc1cc(Cn2c(O)c(N=O)c3cc(NS(=O)(=O)c4ccc5ccccc5c4)ccc32)cc(OC)c1. The average Bonchev–Trinajstić information content (AvgIpc) is 1.63. The van der Waals surface area contributed by atoms with E-state index in [1.54, 1.807) is 178 Å². The van der Waals surface area contributed by atoms with E-state index in [1.165, 1.54) is 30.9 Å². The molecule has 34 heteroatoms. The van der Waals surface area contributed by atoms with Crippen LogP contribution in [-0.4, -0.2) is 122 Å². The second-order valence-electron chi connectivity index (χ2n) is 33.1. The fourth-order valence-corrected chi connectivity index (χ4v) is 18.2. The molecule has 18 rings (SSSR count). The number of carbonyl (C=O) groups is 3. The van der Waals surface area contributed by atoms with Crippen LogP contribution >= 0.6 is 0 Å². The van der Waals surface area contributed by atoms with Crippen molar-refractivity contribution in [2.45, 2.75) is 63.7 Å². The van der Waals surface area contributed by atoms with E-state index in [0.29, 0.717) is 112 Å². The molecule has 0 aliphatic heterocycles. The van der Waals surface area contributed by atoms with Gasteiger partial charge in [-0.25, -0.2) is 8.42 Å². The number of ether oxygens (including phenoxy) is 8. The van der Waals surface area contributed by atoms with Gasteiger partial charge in [-0.2, -0.15) is 0 Å². The second kappa shape index (κ2) is 44.6. The van der Waals surface area contributed by atoms with Crippen molar-refractivity contribution in [2.24, 2.45) is 26.6 Å². The van der Waals surface area contributed by atoms with Crippen LogP contribution in [0.1, 0.15) is 76.3 Å². The van der Waals surface area contributed by atoms with Crippen LogP contribution in [0.3, 0.4) is 0 Å². The molecule has 8 N–H and O–H groups in total. The number of aromatic hydroxyl groups is 4. The number of rotatable bonds is 33. The zero-order chi connectivity index (χ0) is 101. The van der Waals surface area contributed by atoms with Gasteiger partial charge in [0.25, 0.3) is 15.9 Å². The van der Waals surface area contributed by atoms with Gasteiger partial charge >= 0.3 is 0 Å². The molecule has 0 saturated carbocycles. The number of carbonyl (C=O) groups excluding carboxylic acids is 3. The molecule has 0 atom stereocenters. The van der Waals surface area contributed by atoms with Gasteiger partial charge in [0.05, 0.1) is 116 Å². The van der Waals surface area contributed by atoms with Gasteiger partial charge in [-0.05, 0) is 234 Å². The molecule has 18 aromatic rings. The molecule has 4 aromatic heterocycles. The van der Waals surface area contributed by atoms with Gasteiger partial charge in [-0.1, -0.05) is 135 Å². The topological polar surface area (TPSA) is 426 Å². The molecule has 0 saturated heterocycles. The van der Waals surface area contributed by atoms with Crippen LogP contribution in [0, 0.1) is 25.5 Å². The van der Waals surface area contributed by atoms with Gasteiger partial charge in [-0.3, -0.25) is 19.1 Å². The van der Waals surface area contributed by atoms with Gasteiger partial charge in [0.2, 0.25) is 35.3 Å². The van der Waals surface area contributed by atoms with Crippen molar-refractivity contribution < 1.29 is 81.1 Å². The van der Waals surface area contributed by atoms with E-state index in [-0.39, 0.29) is 107 Å². The summed E-state index contributed by atoms with van der Waals surface area (Å²) < 4.78 is 77.6. The Hall–Kier alpha value is -18.1. The minimum atomic E-state index is -3.92. The van der Waals surface area contributed by atoms with Crippen LogP contribution in [0.15, 0.2) is 317 Å². The van der Waals surface area contributed by atoms with Gasteiger partial charge in [0, 0.05) is 80.0 Å². The monoisotopic (exact) mass is 1940 g/mol. The molecule has 0 aliphatic carbocycles. The van der Waals surface area contributed by atoms with Crippen LogP contribution in [0.5, 0.6) is 69.5 Å². The molecule has 4 heterocycles. The Morgan fingerprint density at radius 2 is 0.601 bits per heavy atom. The lowest BCUT2D eigenvalue weighted by Crippen LogP contribution is -2.22. The third kappa shape index (κ3) is 22.1. The minimum absolute atomic E-state index is 0.0662. The summed E-state index contributed by atoms with van der Waals surface area (Å²) in [5.74, 6) is 2.49. The summed E-state index contributed by atoms with van der Waals surface area (Å²) in [4.78, 5) is 85.5. The molecule has 3 amide bonds. The van der Waals surface area contributed by atoms with Gasteiger partial charge in [0.15, 0.2) is 22.7 Å². The Morgan fingerprint density at radius 3 is 0.923 bits per heavy atom. The number of nitrogens with one attached hydrogen (secondary N) is 4. The maximum Gasteiger partial charge on any atom is 0.261 e. The van der Waals surface area contributed by atoms with Crippen molar-refractivity contribution in [3.8, 4) is 69.5 Å². The largest absolute Gasteiger partial charge is 0.497 e. The summed E-state index contributed by atoms with van der Waals surface area (Å²) >= 11 is 0. The zero-order valence-electron chi connectivity index (χ0n) is 79.3. The number of hydrogen-bond acceptors (Lipinski definition) is 25. The van der Waals surface area contributed by atoms with E-state index < -0.39 is 15.9 Å². The van der Waals surface area contributed by atoms with Gasteiger partial charge in [0.1, 0.15) is 46.0 Å². The Kier molecular flexibility index (Phi) is 31.0. The quantitative estimate of drug-likeness (QED) is 0.0177. The number of methoxy groups -OCH3 is 8. The van der Waals surface area contributed by atoms with Gasteiger partial charge in [-0.15, -0.1) is 19.6 Å². The Balaban J connectivity index is 0.000000144. The van der Waals surface area contributed by atoms with Crippen molar-refractivity contribution in [1.82, 2.24) is 18.3 Å². The lowest BCUT2D eigenvalue weighted by atomic mass is 9.90. The van der Waals surface area contributed by atoms with Crippen molar-refractivity contribution in [3.63, 3.8) is 0 Å². The molecule has 0 bridgehead atoms.